The van der Waals surface area contributed by atoms with Crippen LogP contribution in [0.2, 0.25) is 0 Å². The van der Waals surface area contributed by atoms with Crippen LogP contribution in [0.25, 0.3) is 10.9 Å². The van der Waals surface area contributed by atoms with Crippen LogP contribution in [0.4, 0.5) is 5.69 Å². The van der Waals surface area contributed by atoms with Crippen LogP contribution in [0, 0.1) is 5.92 Å². The van der Waals surface area contributed by atoms with E-state index in [2.05, 4.69) is 43.0 Å². The number of nitrogens with zero attached hydrogens (tertiary/aromatic N) is 6. The van der Waals surface area contributed by atoms with Gasteiger partial charge in [0, 0.05) is 57.3 Å². The van der Waals surface area contributed by atoms with Gasteiger partial charge in [-0.15, -0.1) is 0 Å². The highest BCUT2D eigenvalue weighted by Crippen LogP contribution is 2.32. The molecule has 2 fully saturated rings. The summed E-state index contributed by atoms with van der Waals surface area (Å²) in [5, 5.41) is 0.977. The van der Waals surface area contributed by atoms with Crippen LogP contribution in [0.15, 0.2) is 41.6 Å². The molecular formula is C22H26N6O2. The molecule has 3 heterocycles. The van der Waals surface area contributed by atoms with E-state index < -0.39 is 0 Å². The van der Waals surface area contributed by atoms with Gasteiger partial charge in [0.05, 0.1) is 17.5 Å². The molecule has 1 aliphatic carbocycles. The van der Waals surface area contributed by atoms with Crippen LogP contribution in [0.5, 0.6) is 5.88 Å². The van der Waals surface area contributed by atoms with Gasteiger partial charge in [-0.1, -0.05) is 0 Å². The lowest BCUT2D eigenvalue weighted by molar-refractivity contribution is 0.243. The maximum Gasteiger partial charge on any atom is 0.347 e. The monoisotopic (exact) mass is 406 g/mol. The van der Waals surface area contributed by atoms with E-state index in [0.717, 1.165) is 55.9 Å². The van der Waals surface area contributed by atoms with Gasteiger partial charge in [0.2, 0.25) is 5.88 Å². The standard InChI is InChI=1S/C22H26N6O2/c1-26-18(6-7-23-22(26)29)13-27-8-10-28(11-9-27)17-4-5-20-19(12-17)21(25-15-24-20)30-14-16-2-3-16/h4-7,12,15-16H,2-3,8-11,13-14H2,1H3. The lowest BCUT2D eigenvalue weighted by Gasteiger charge is -2.36. The van der Waals surface area contributed by atoms with Crippen molar-refractivity contribution < 1.29 is 4.74 Å². The molecule has 1 saturated carbocycles. The van der Waals surface area contributed by atoms with Crippen molar-refractivity contribution in [3.05, 3.63) is 53.0 Å². The SMILES string of the molecule is Cn1c(CN2CCN(c3ccc4ncnc(OCC5CC5)c4c3)CC2)ccnc1=O. The molecule has 0 bridgehead atoms. The number of hydrogen-bond donors (Lipinski definition) is 0. The summed E-state index contributed by atoms with van der Waals surface area (Å²) in [7, 11) is 1.78. The fourth-order valence-corrected chi connectivity index (χ4v) is 3.87. The Bertz CT molecular complexity index is 1100. The summed E-state index contributed by atoms with van der Waals surface area (Å²) in [6.07, 6.45) is 5.68. The van der Waals surface area contributed by atoms with Crippen LogP contribution in [0.3, 0.4) is 0 Å². The largest absolute Gasteiger partial charge is 0.477 e. The van der Waals surface area contributed by atoms with Crippen molar-refractivity contribution in [2.24, 2.45) is 13.0 Å². The number of rotatable bonds is 6. The fraction of sp³-hybridized carbons (Fsp3) is 0.455. The molecule has 5 rings (SSSR count). The Morgan fingerprint density at radius 3 is 2.70 bits per heavy atom. The average molecular weight is 406 g/mol. The summed E-state index contributed by atoms with van der Waals surface area (Å²) in [6.45, 7) is 5.22. The minimum Gasteiger partial charge on any atom is -0.477 e. The molecule has 8 heteroatoms. The highest BCUT2D eigenvalue weighted by Gasteiger charge is 2.23. The lowest BCUT2D eigenvalue weighted by atomic mass is 10.2. The maximum atomic E-state index is 11.7. The number of anilines is 1. The van der Waals surface area contributed by atoms with Crippen LogP contribution in [0.1, 0.15) is 18.5 Å². The predicted molar refractivity (Wildman–Crippen MR) is 115 cm³/mol. The first kappa shape index (κ1) is 19.0. The minimum atomic E-state index is -0.204. The van der Waals surface area contributed by atoms with Crippen molar-refractivity contribution >= 4 is 16.6 Å². The predicted octanol–water partition coefficient (Wildman–Crippen LogP) is 1.83. The van der Waals surface area contributed by atoms with Gasteiger partial charge in [-0.05, 0) is 43.0 Å². The van der Waals surface area contributed by atoms with Crippen molar-refractivity contribution in [1.29, 1.82) is 0 Å². The third-order valence-corrected chi connectivity index (χ3v) is 6.03. The van der Waals surface area contributed by atoms with Gasteiger partial charge < -0.3 is 9.64 Å². The van der Waals surface area contributed by atoms with Crippen LogP contribution < -0.4 is 15.3 Å². The van der Waals surface area contributed by atoms with Crippen molar-refractivity contribution in [1.82, 2.24) is 24.4 Å². The summed E-state index contributed by atoms with van der Waals surface area (Å²) in [5.74, 6) is 1.37. The molecular weight excluding hydrogens is 380 g/mol. The normalized spacial score (nSPS) is 17.4. The second-order valence-corrected chi connectivity index (χ2v) is 8.18. The highest BCUT2D eigenvalue weighted by atomic mass is 16.5. The van der Waals surface area contributed by atoms with E-state index >= 15 is 0 Å². The summed E-state index contributed by atoms with van der Waals surface area (Å²) in [5.41, 5.74) is 2.87. The van der Waals surface area contributed by atoms with E-state index in [1.54, 1.807) is 24.1 Å². The van der Waals surface area contributed by atoms with E-state index in [-0.39, 0.29) is 5.69 Å². The summed E-state index contributed by atoms with van der Waals surface area (Å²) in [6, 6.07) is 8.25. The quantitative estimate of drug-likeness (QED) is 0.618. The topological polar surface area (TPSA) is 76.4 Å². The van der Waals surface area contributed by atoms with Gasteiger partial charge in [0.25, 0.3) is 0 Å². The van der Waals surface area contributed by atoms with Gasteiger partial charge in [-0.3, -0.25) is 9.47 Å². The molecule has 1 saturated heterocycles. The molecule has 0 N–H and O–H groups in total. The zero-order valence-corrected chi connectivity index (χ0v) is 17.2. The van der Waals surface area contributed by atoms with Gasteiger partial charge in [-0.25, -0.2) is 19.7 Å². The first-order chi connectivity index (χ1) is 14.7. The number of aromatic nitrogens is 4. The molecule has 1 aromatic carbocycles. The summed E-state index contributed by atoms with van der Waals surface area (Å²) >= 11 is 0. The Labute approximate surface area is 175 Å². The smallest absolute Gasteiger partial charge is 0.347 e. The van der Waals surface area contributed by atoms with Gasteiger partial charge in [0.15, 0.2) is 0 Å². The van der Waals surface area contributed by atoms with Gasteiger partial charge in [0.1, 0.15) is 6.33 Å². The Morgan fingerprint density at radius 2 is 1.90 bits per heavy atom. The Kier molecular flexibility index (Phi) is 5.08. The molecule has 0 radical (unpaired) electrons. The molecule has 0 unspecified atom stereocenters. The first-order valence-corrected chi connectivity index (χ1v) is 10.5. The highest BCUT2D eigenvalue weighted by molar-refractivity contribution is 5.86. The van der Waals surface area contributed by atoms with Crippen molar-refractivity contribution in [2.45, 2.75) is 19.4 Å². The Morgan fingerprint density at radius 1 is 1.07 bits per heavy atom. The molecule has 0 atom stereocenters. The molecule has 1 aliphatic heterocycles. The lowest BCUT2D eigenvalue weighted by Crippen LogP contribution is -2.46. The Hall–Kier alpha value is -3.00. The average Bonchev–Trinajstić information content (AvgIpc) is 3.60. The fourth-order valence-electron chi connectivity index (χ4n) is 3.87. The third kappa shape index (κ3) is 4.00. The van der Waals surface area contributed by atoms with Crippen molar-refractivity contribution in [3.8, 4) is 5.88 Å². The number of hydrogen-bond acceptors (Lipinski definition) is 7. The van der Waals surface area contributed by atoms with Crippen molar-refractivity contribution in [3.63, 3.8) is 0 Å². The molecule has 3 aromatic rings. The van der Waals surface area contributed by atoms with Crippen LogP contribution >= 0.6 is 0 Å². The molecule has 156 valence electrons. The molecule has 2 aromatic heterocycles. The first-order valence-electron chi connectivity index (χ1n) is 10.5. The van der Waals surface area contributed by atoms with Crippen molar-refractivity contribution in [2.75, 3.05) is 37.7 Å². The molecule has 30 heavy (non-hydrogen) atoms. The number of piperazine rings is 1. The van der Waals surface area contributed by atoms with E-state index in [4.69, 9.17) is 4.74 Å². The zero-order chi connectivity index (χ0) is 20.5. The van der Waals surface area contributed by atoms with E-state index in [1.165, 1.54) is 18.5 Å². The molecule has 8 nitrogen and oxygen atoms in total. The zero-order valence-electron chi connectivity index (χ0n) is 17.2. The second-order valence-electron chi connectivity index (χ2n) is 8.18. The van der Waals surface area contributed by atoms with E-state index in [0.29, 0.717) is 11.8 Å². The number of fused-ring (bicyclic) bond motifs is 1. The van der Waals surface area contributed by atoms with E-state index in [1.807, 2.05) is 6.07 Å². The molecule has 0 amide bonds. The maximum absolute atomic E-state index is 11.7. The van der Waals surface area contributed by atoms with Gasteiger partial charge in [-0.2, -0.15) is 0 Å². The minimum absolute atomic E-state index is 0.204. The van der Waals surface area contributed by atoms with Gasteiger partial charge >= 0.3 is 5.69 Å². The summed E-state index contributed by atoms with van der Waals surface area (Å²) < 4.78 is 7.60. The summed E-state index contributed by atoms with van der Waals surface area (Å²) in [4.78, 5) is 29.1. The molecule has 0 spiro atoms. The van der Waals surface area contributed by atoms with E-state index in [9.17, 15) is 4.79 Å². The number of ether oxygens (including phenoxy) is 1. The second kappa shape index (κ2) is 8.02. The molecule has 2 aliphatic rings. The van der Waals surface area contributed by atoms with Crippen LogP contribution in [-0.2, 0) is 13.6 Å². The van der Waals surface area contributed by atoms with Crippen LogP contribution in [-0.4, -0.2) is 57.2 Å². The Balaban J connectivity index is 1.27. The number of benzene rings is 1. The third-order valence-electron chi connectivity index (χ3n) is 6.03.